The van der Waals surface area contributed by atoms with Gasteiger partial charge >= 0.3 is 0 Å². The van der Waals surface area contributed by atoms with E-state index in [-0.39, 0.29) is 6.10 Å². The summed E-state index contributed by atoms with van der Waals surface area (Å²) in [5.74, 6) is 0.752. The lowest BCUT2D eigenvalue weighted by Gasteiger charge is -2.11. The molecule has 3 nitrogen and oxygen atoms in total. The highest BCUT2D eigenvalue weighted by Gasteiger charge is 2.32. The van der Waals surface area contributed by atoms with E-state index >= 15 is 0 Å². The number of aromatic nitrogens is 1. The Morgan fingerprint density at radius 2 is 1.95 bits per heavy atom. The van der Waals surface area contributed by atoms with Crippen LogP contribution in [0.25, 0.3) is 0 Å². The number of nitrogens with one attached hydrogen (secondary N) is 1. The molecule has 4 heteroatoms. The molecule has 3 fully saturated rings. The highest BCUT2D eigenvalue weighted by Crippen LogP contribution is 2.44. The molecule has 1 N–H and O–H groups in total. The van der Waals surface area contributed by atoms with Crippen molar-refractivity contribution < 1.29 is 4.74 Å². The monoisotopic (exact) mass is 292 g/mol. The van der Waals surface area contributed by atoms with E-state index in [4.69, 9.17) is 9.72 Å². The molecule has 3 aliphatic rings. The van der Waals surface area contributed by atoms with E-state index in [0.717, 1.165) is 31.5 Å². The van der Waals surface area contributed by atoms with Gasteiger partial charge in [-0.15, -0.1) is 11.3 Å². The molecule has 1 atom stereocenters. The molecule has 2 saturated carbocycles. The summed E-state index contributed by atoms with van der Waals surface area (Å²) >= 11 is 1.91. The molecule has 1 unspecified atom stereocenters. The molecule has 2 heterocycles. The van der Waals surface area contributed by atoms with Crippen molar-refractivity contribution in [2.45, 2.75) is 76.0 Å². The SMILES string of the molecule is C1CCC(NCc2sc(C3CCCO3)nc2C2CC2)C1. The topological polar surface area (TPSA) is 34.1 Å². The minimum atomic E-state index is 0.290. The van der Waals surface area contributed by atoms with Gasteiger partial charge in [-0.25, -0.2) is 4.98 Å². The van der Waals surface area contributed by atoms with Gasteiger partial charge < -0.3 is 10.1 Å². The summed E-state index contributed by atoms with van der Waals surface area (Å²) < 4.78 is 5.81. The Labute approximate surface area is 125 Å². The molecule has 1 aromatic heterocycles. The average Bonchev–Trinajstić information content (AvgIpc) is 2.94. The van der Waals surface area contributed by atoms with Crippen LogP contribution in [-0.2, 0) is 11.3 Å². The summed E-state index contributed by atoms with van der Waals surface area (Å²) in [5.41, 5.74) is 1.39. The molecule has 0 spiro atoms. The fourth-order valence-corrected chi connectivity index (χ4v) is 4.65. The number of hydrogen-bond acceptors (Lipinski definition) is 4. The lowest BCUT2D eigenvalue weighted by Crippen LogP contribution is -2.25. The molecule has 0 amide bonds. The van der Waals surface area contributed by atoms with Crippen molar-refractivity contribution in [3.63, 3.8) is 0 Å². The second kappa shape index (κ2) is 5.74. The lowest BCUT2D eigenvalue weighted by atomic mass is 10.2. The minimum Gasteiger partial charge on any atom is -0.371 e. The fourth-order valence-electron chi connectivity index (χ4n) is 3.46. The lowest BCUT2D eigenvalue weighted by molar-refractivity contribution is 0.111. The van der Waals surface area contributed by atoms with E-state index in [9.17, 15) is 0 Å². The van der Waals surface area contributed by atoms with Crippen molar-refractivity contribution in [3.05, 3.63) is 15.6 Å². The third kappa shape index (κ3) is 2.78. The normalized spacial score (nSPS) is 27.5. The third-order valence-corrected chi connectivity index (χ3v) is 5.98. The number of hydrogen-bond donors (Lipinski definition) is 1. The van der Waals surface area contributed by atoms with Crippen LogP contribution >= 0.6 is 11.3 Å². The molecule has 0 bridgehead atoms. The highest BCUT2D eigenvalue weighted by molar-refractivity contribution is 7.11. The van der Waals surface area contributed by atoms with Crippen LogP contribution in [0.1, 0.15) is 79.0 Å². The van der Waals surface area contributed by atoms with Gasteiger partial charge in [-0.2, -0.15) is 0 Å². The molecule has 0 aromatic carbocycles. The third-order valence-electron chi connectivity index (χ3n) is 4.82. The van der Waals surface area contributed by atoms with Gasteiger partial charge in [0.05, 0.1) is 5.69 Å². The van der Waals surface area contributed by atoms with Crippen LogP contribution in [0.4, 0.5) is 0 Å². The van der Waals surface area contributed by atoms with Crippen molar-refractivity contribution in [1.29, 1.82) is 0 Å². The Balaban J connectivity index is 1.47. The first-order valence-electron chi connectivity index (χ1n) is 8.24. The van der Waals surface area contributed by atoms with Crippen LogP contribution in [0.3, 0.4) is 0 Å². The smallest absolute Gasteiger partial charge is 0.122 e. The van der Waals surface area contributed by atoms with Crippen molar-refractivity contribution in [3.8, 4) is 0 Å². The van der Waals surface area contributed by atoms with E-state index < -0.39 is 0 Å². The van der Waals surface area contributed by atoms with Crippen LogP contribution < -0.4 is 5.32 Å². The van der Waals surface area contributed by atoms with Crippen LogP contribution in [0.15, 0.2) is 0 Å². The summed E-state index contributed by atoms with van der Waals surface area (Å²) in [6.45, 7) is 1.94. The Kier molecular flexibility index (Phi) is 3.80. The summed E-state index contributed by atoms with van der Waals surface area (Å²) in [5, 5.41) is 5.00. The summed E-state index contributed by atoms with van der Waals surface area (Å²) in [4.78, 5) is 6.44. The van der Waals surface area contributed by atoms with E-state index in [1.54, 1.807) is 0 Å². The largest absolute Gasteiger partial charge is 0.371 e. The Bertz CT molecular complexity index is 457. The van der Waals surface area contributed by atoms with Gasteiger partial charge in [0.2, 0.25) is 0 Å². The molecular weight excluding hydrogens is 268 g/mol. The van der Waals surface area contributed by atoms with Crippen molar-refractivity contribution in [2.24, 2.45) is 0 Å². The average molecular weight is 292 g/mol. The second-order valence-electron chi connectivity index (χ2n) is 6.50. The molecule has 1 aliphatic heterocycles. The Morgan fingerprint density at radius 1 is 1.10 bits per heavy atom. The Hall–Kier alpha value is -0.450. The number of ether oxygens (including phenoxy) is 1. The first-order chi connectivity index (χ1) is 9.90. The summed E-state index contributed by atoms with van der Waals surface area (Å²) in [6.07, 6.45) is 10.8. The molecule has 0 radical (unpaired) electrons. The van der Waals surface area contributed by atoms with Gasteiger partial charge in [-0.3, -0.25) is 0 Å². The van der Waals surface area contributed by atoms with E-state index in [1.807, 2.05) is 11.3 Å². The van der Waals surface area contributed by atoms with Gasteiger partial charge in [0, 0.05) is 30.0 Å². The van der Waals surface area contributed by atoms with Gasteiger partial charge in [-0.1, -0.05) is 12.8 Å². The maximum absolute atomic E-state index is 5.81. The standard InChI is InChI=1S/C16H24N2OS/c1-2-5-12(4-1)17-10-14-15(11-7-8-11)18-16(20-14)13-6-3-9-19-13/h11-13,17H,1-10H2. The quantitative estimate of drug-likeness (QED) is 0.893. The Morgan fingerprint density at radius 3 is 2.65 bits per heavy atom. The maximum atomic E-state index is 5.81. The molecule has 1 saturated heterocycles. The predicted molar refractivity (Wildman–Crippen MR) is 81.1 cm³/mol. The van der Waals surface area contributed by atoms with E-state index in [2.05, 4.69) is 5.32 Å². The first kappa shape index (κ1) is 13.2. The second-order valence-corrected chi connectivity index (χ2v) is 7.61. The molecule has 20 heavy (non-hydrogen) atoms. The van der Waals surface area contributed by atoms with Gasteiger partial charge in [0.25, 0.3) is 0 Å². The highest BCUT2D eigenvalue weighted by atomic mass is 32.1. The predicted octanol–water partition coefficient (Wildman–Crippen LogP) is 3.90. The van der Waals surface area contributed by atoms with E-state index in [0.29, 0.717) is 0 Å². The molecule has 1 aromatic rings. The minimum absolute atomic E-state index is 0.290. The molecule has 4 rings (SSSR count). The first-order valence-corrected chi connectivity index (χ1v) is 9.06. The van der Waals surface area contributed by atoms with Gasteiger partial charge in [-0.05, 0) is 38.5 Å². The summed E-state index contributed by atoms with van der Waals surface area (Å²) in [6, 6.07) is 0.746. The molecule has 110 valence electrons. The molecular formula is C16H24N2OS. The molecule has 2 aliphatic carbocycles. The fraction of sp³-hybridized carbons (Fsp3) is 0.812. The van der Waals surface area contributed by atoms with Gasteiger partial charge in [0.15, 0.2) is 0 Å². The number of thiazole rings is 1. The van der Waals surface area contributed by atoms with Crippen LogP contribution in [0.5, 0.6) is 0 Å². The summed E-state index contributed by atoms with van der Waals surface area (Å²) in [7, 11) is 0. The van der Waals surface area contributed by atoms with Crippen LogP contribution in [0, 0.1) is 0 Å². The van der Waals surface area contributed by atoms with Gasteiger partial charge in [0.1, 0.15) is 11.1 Å². The zero-order chi connectivity index (χ0) is 13.4. The van der Waals surface area contributed by atoms with E-state index in [1.165, 1.54) is 60.5 Å². The maximum Gasteiger partial charge on any atom is 0.122 e. The van der Waals surface area contributed by atoms with Crippen LogP contribution in [-0.4, -0.2) is 17.6 Å². The van der Waals surface area contributed by atoms with Crippen molar-refractivity contribution >= 4 is 11.3 Å². The zero-order valence-electron chi connectivity index (χ0n) is 12.1. The van der Waals surface area contributed by atoms with Crippen LogP contribution in [0.2, 0.25) is 0 Å². The van der Waals surface area contributed by atoms with Crippen molar-refractivity contribution in [2.75, 3.05) is 6.61 Å². The number of rotatable bonds is 5. The van der Waals surface area contributed by atoms with Crippen molar-refractivity contribution in [1.82, 2.24) is 10.3 Å². The zero-order valence-corrected chi connectivity index (χ0v) is 12.9. The number of nitrogens with zero attached hydrogens (tertiary/aromatic N) is 1.